The smallest absolute Gasteiger partial charge is 0.343 e. The Morgan fingerprint density at radius 3 is 1.13 bits per heavy atom. The van der Waals surface area contributed by atoms with Gasteiger partial charge in [0.15, 0.2) is 0 Å². The van der Waals surface area contributed by atoms with Crippen molar-refractivity contribution in [3.05, 3.63) is 26.0 Å². The van der Waals surface area contributed by atoms with Crippen LogP contribution in [-0.4, -0.2) is 0 Å². The van der Waals surface area contributed by atoms with Crippen molar-refractivity contribution in [3.8, 4) is 0 Å². The zero-order chi connectivity index (χ0) is 33.9. The van der Waals surface area contributed by atoms with E-state index in [4.69, 9.17) is 0 Å². The van der Waals surface area contributed by atoms with E-state index in [2.05, 4.69) is 60.6 Å². The van der Waals surface area contributed by atoms with E-state index in [1.807, 2.05) is 27.7 Å². The van der Waals surface area contributed by atoms with Gasteiger partial charge in [-0.15, -0.1) is 0 Å². The monoisotopic (exact) mass is 660 g/mol. The molecular weight excluding hydrogens is 568 g/mol. The van der Waals surface area contributed by atoms with Crippen LogP contribution in [0.25, 0.3) is 0 Å². The van der Waals surface area contributed by atoms with Crippen LogP contribution in [-0.2, 0) is 0 Å². The maximum absolute atomic E-state index is 3.88. The summed E-state index contributed by atoms with van der Waals surface area (Å²) in [6.07, 6.45) is 44.3. The number of unbranched alkanes of at least 4 members (excludes halogenated alkanes) is 12. The summed E-state index contributed by atoms with van der Waals surface area (Å²) in [5, 5.41) is 0. The van der Waals surface area contributed by atoms with Crippen LogP contribution in [0.15, 0.2) is 12.2 Å². The van der Waals surface area contributed by atoms with Gasteiger partial charge in [-0.05, 0) is 37.5 Å². The van der Waals surface area contributed by atoms with Crippen molar-refractivity contribution in [3.63, 3.8) is 0 Å². The van der Waals surface area contributed by atoms with Gasteiger partial charge in [-0.3, -0.25) is 0 Å². The molecule has 2 aliphatic rings. The van der Waals surface area contributed by atoms with Crippen LogP contribution in [0.1, 0.15) is 242 Å². The Bertz CT molecular complexity index is 436. The largest absolute Gasteiger partial charge is 1.00 e. The minimum atomic E-state index is 0. The van der Waals surface area contributed by atoms with Crippen LogP contribution in [0.4, 0.5) is 0 Å². The molecule has 0 aliphatic heterocycles. The molecule has 0 aromatic rings. The predicted octanol–water partition coefficient (Wildman–Crippen LogP) is 14.1. The van der Waals surface area contributed by atoms with E-state index in [0.29, 0.717) is 5.92 Å². The van der Waals surface area contributed by atoms with E-state index in [1.165, 1.54) is 148 Å². The van der Waals surface area contributed by atoms with E-state index in [1.54, 1.807) is 25.7 Å². The molecule has 0 amide bonds. The molecule has 2 rings (SSSR count). The fourth-order valence-electron chi connectivity index (χ4n) is 5.75. The first-order valence-electron chi connectivity index (χ1n) is 20.9. The van der Waals surface area contributed by atoms with Crippen LogP contribution in [0, 0.1) is 31.6 Å². The normalized spacial score (nSPS) is 14.8. The molecule has 1 heteroatoms. The second-order valence-corrected chi connectivity index (χ2v) is 12.9. The maximum Gasteiger partial charge on any atom is 1.00 e. The summed E-state index contributed by atoms with van der Waals surface area (Å²) in [7, 11) is 0. The number of allylic oxidation sites excluding steroid dienone is 2. The second-order valence-electron chi connectivity index (χ2n) is 12.9. The van der Waals surface area contributed by atoms with Gasteiger partial charge in [0.05, 0.1) is 0 Å². The van der Waals surface area contributed by atoms with Gasteiger partial charge in [0.2, 0.25) is 0 Å². The standard InChI is InChI=1S/C17H33.C13H24.C6H13.C4H10.2C2H6.K/c1-3-5-7-9-11-13-15-17-16-14-12-10-8-6-4-2;1-2-5-9-12(8-4-1)13-10-6-3-7-11-13;1-4-6(3)5-2;1-3-4-2;2*1-2;/h12,14H,1,3-11,13,15-17H2,2H3;12-13H,1-11H2;6H,3-5H2,1-2H3;3-4H2,1-2H3;2*1-2H3;/q-1;;-1;;;;+1/b14-12-;;;;;;. The van der Waals surface area contributed by atoms with Crippen LogP contribution >= 0.6 is 0 Å². The molecule has 0 aromatic heterocycles. The van der Waals surface area contributed by atoms with Gasteiger partial charge in [0, 0.05) is 0 Å². The minimum Gasteiger partial charge on any atom is -0.343 e. The molecule has 0 nitrogen and oxygen atoms in total. The van der Waals surface area contributed by atoms with Gasteiger partial charge in [0.1, 0.15) is 0 Å². The van der Waals surface area contributed by atoms with E-state index in [-0.39, 0.29) is 51.4 Å². The molecule has 0 unspecified atom stereocenters. The molecule has 0 aromatic carbocycles. The Hall–Kier alpha value is 1.38. The fraction of sp³-hybridized carbons (Fsp3) is 0.909. The van der Waals surface area contributed by atoms with Gasteiger partial charge in [-0.2, -0.15) is 12.3 Å². The maximum atomic E-state index is 3.88. The average molecular weight is 660 g/mol. The minimum absolute atomic E-state index is 0. The summed E-state index contributed by atoms with van der Waals surface area (Å²) in [5.74, 6) is 2.94. The first-order valence-corrected chi connectivity index (χ1v) is 20.9. The van der Waals surface area contributed by atoms with Crippen LogP contribution in [0.2, 0.25) is 0 Å². The van der Waals surface area contributed by atoms with Crippen molar-refractivity contribution < 1.29 is 51.4 Å². The van der Waals surface area contributed by atoms with Gasteiger partial charge in [0.25, 0.3) is 0 Å². The molecule has 2 fully saturated rings. The Labute approximate surface area is 334 Å². The Morgan fingerprint density at radius 2 is 0.822 bits per heavy atom. The van der Waals surface area contributed by atoms with Crippen molar-refractivity contribution in [2.75, 3.05) is 0 Å². The second kappa shape index (κ2) is 54.8. The van der Waals surface area contributed by atoms with Crippen molar-refractivity contribution in [1.82, 2.24) is 0 Å². The molecule has 45 heavy (non-hydrogen) atoms. The third kappa shape index (κ3) is 49.9. The van der Waals surface area contributed by atoms with Gasteiger partial charge >= 0.3 is 51.4 Å². The Kier molecular flexibility index (Phi) is 67.9. The van der Waals surface area contributed by atoms with Crippen molar-refractivity contribution in [2.45, 2.75) is 242 Å². The SMILES string of the molecule is C1CCCC(C2CCCCC2)CC1.CC.CC.CCCC.[CH2-]C(CC)CC.[CH2-]CCCCCCCCC/C=C\CCCCC.[K+]. The summed E-state index contributed by atoms with van der Waals surface area (Å²) in [5.41, 5.74) is 0. The van der Waals surface area contributed by atoms with Crippen molar-refractivity contribution in [2.24, 2.45) is 17.8 Å². The van der Waals surface area contributed by atoms with Gasteiger partial charge in [-0.1, -0.05) is 222 Å². The Balaban J connectivity index is -0.000000168. The summed E-state index contributed by atoms with van der Waals surface area (Å²) in [4.78, 5) is 0. The molecule has 0 saturated heterocycles. The van der Waals surface area contributed by atoms with E-state index < -0.39 is 0 Å². The van der Waals surface area contributed by atoms with Crippen LogP contribution < -0.4 is 51.4 Å². The summed E-state index contributed by atoms with van der Waals surface area (Å²) >= 11 is 0. The first kappa shape index (κ1) is 55.8. The quantitative estimate of drug-likeness (QED) is 0.0479. The third-order valence-corrected chi connectivity index (χ3v) is 9.13. The molecule has 0 bridgehead atoms. The first-order chi connectivity index (χ1) is 21.6. The molecule has 0 atom stereocenters. The summed E-state index contributed by atoms with van der Waals surface area (Å²) in [6.45, 7) is 26.7. The molecule has 270 valence electrons. The summed E-state index contributed by atoms with van der Waals surface area (Å²) < 4.78 is 0. The average Bonchev–Trinajstić information content (AvgIpc) is 3.39. The zero-order valence-corrected chi connectivity index (χ0v) is 37.2. The molecular formula is C44H92K-. The van der Waals surface area contributed by atoms with Gasteiger partial charge in [-0.25, -0.2) is 0 Å². The van der Waals surface area contributed by atoms with Crippen LogP contribution in [0.5, 0.6) is 0 Å². The fourth-order valence-corrected chi connectivity index (χ4v) is 5.75. The topological polar surface area (TPSA) is 0 Å². The van der Waals surface area contributed by atoms with Crippen LogP contribution in [0.3, 0.4) is 0 Å². The molecule has 2 saturated carbocycles. The zero-order valence-electron chi connectivity index (χ0n) is 34.1. The van der Waals surface area contributed by atoms with Crippen molar-refractivity contribution in [1.29, 1.82) is 0 Å². The summed E-state index contributed by atoms with van der Waals surface area (Å²) in [6, 6.07) is 0. The van der Waals surface area contributed by atoms with E-state index in [9.17, 15) is 0 Å². The Morgan fingerprint density at radius 1 is 0.489 bits per heavy atom. The molecule has 0 N–H and O–H groups in total. The van der Waals surface area contributed by atoms with E-state index >= 15 is 0 Å². The molecule has 2 aliphatic carbocycles. The molecule has 0 radical (unpaired) electrons. The number of hydrogen-bond acceptors (Lipinski definition) is 0. The molecule has 0 heterocycles. The number of rotatable bonds is 17. The third-order valence-electron chi connectivity index (χ3n) is 9.13. The van der Waals surface area contributed by atoms with E-state index in [0.717, 1.165) is 18.3 Å². The molecule has 0 spiro atoms. The van der Waals surface area contributed by atoms with Gasteiger partial charge < -0.3 is 13.8 Å². The number of hydrogen-bond donors (Lipinski definition) is 0. The van der Waals surface area contributed by atoms with Crippen molar-refractivity contribution >= 4 is 0 Å². The predicted molar refractivity (Wildman–Crippen MR) is 211 cm³/mol.